The van der Waals surface area contributed by atoms with Crippen LogP contribution in [0.15, 0.2) is 12.1 Å². The molecule has 1 aromatic heterocycles. The number of anilines is 1. The Kier molecular flexibility index (Phi) is 4.30. The van der Waals surface area contributed by atoms with Crippen molar-refractivity contribution in [3.05, 3.63) is 22.8 Å². The molecule has 0 saturated heterocycles. The molecule has 94 valence electrons. The van der Waals surface area contributed by atoms with E-state index in [-0.39, 0.29) is 28.8 Å². The summed E-state index contributed by atoms with van der Waals surface area (Å²) in [6.07, 6.45) is 1.11. The van der Waals surface area contributed by atoms with Crippen molar-refractivity contribution in [2.24, 2.45) is 0 Å². The van der Waals surface area contributed by atoms with Gasteiger partial charge in [0, 0.05) is 12.8 Å². The van der Waals surface area contributed by atoms with E-state index in [4.69, 9.17) is 16.7 Å². The summed E-state index contributed by atoms with van der Waals surface area (Å²) in [7, 11) is -3.07. The molecule has 0 aliphatic heterocycles. The highest BCUT2D eigenvalue weighted by Crippen LogP contribution is 2.14. The number of sulfone groups is 1. The molecule has 0 saturated carbocycles. The lowest BCUT2D eigenvalue weighted by atomic mass is 10.2. The van der Waals surface area contributed by atoms with E-state index in [1.54, 1.807) is 0 Å². The van der Waals surface area contributed by atoms with Gasteiger partial charge < -0.3 is 10.4 Å². The summed E-state index contributed by atoms with van der Waals surface area (Å²) in [6, 6.07) is 2.50. The number of carbonyl (C=O) groups is 1. The number of carboxylic acids is 1. The van der Waals surface area contributed by atoms with Crippen LogP contribution in [-0.2, 0) is 9.84 Å². The van der Waals surface area contributed by atoms with Gasteiger partial charge in [-0.1, -0.05) is 11.6 Å². The summed E-state index contributed by atoms with van der Waals surface area (Å²) < 4.78 is 21.8. The monoisotopic (exact) mass is 278 g/mol. The van der Waals surface area contributed by atoms with Crippen LogP contribution >= 0.6 is 11.6 Å². The number of aromatic nitrogens is 1. The van der Waals surface area contributed by atoms with Crippen LogP contribution in [0.25, 0.3) is 0 Å². The van der Waals surface area contributed by atoms with Crippen LogP contribution in [0.5, 0.6) is 0 Å². The van der Waals surface area contributed by atoms with Gasteiger partial charge in [-0.15, -0.1) is 0 Å². The zero-order valence-electron chi connectivity index (χ0n) is 8.97. The zero-order valence-corrected chi connectivity index (χ0v) is 10.5. The molecule has 0 radical (unpaired) electrons. The fraction of sp³-hybridized carbons (Fsp3) is 0.333. The highest BCUT2D eigenvalue weighted by molar-refractivity contribution is 7.90. The summed E-state index contributed by atoms with van der Waals surface area (Å²) in [4.78, 5) is 14.6. The van der Waals surface area contributed by atoms with Crippen LogP contribution in [0, 0.1) is 0 Å². The number of carboxylic acid groups (broad SMARTS) is 1. The molecular weight excluding hydrogens is 268 g/mol. The average molecular weight is 279 g/mol. The summed E-state index contributed by atoms with van der Waals surface area (Å²) >= 11 is 5.63. The van der Waals surface area contributed by atoms with Gasteiger partial charge in [-0.05, 0) is 12.1 Å². The van der Waals surface area contributed by atoms with Crippen molar-refractivity contribution in [1.82, 2.24) is 4.98 Å². The maximum absolute atomic E-state index is 10.9. The molecule has 1 aromatic rings. The second kappa shape index (κ2) is 5.33. The lowest BCUT2D eigenvalue weighted by Crippen LogP contribution is -2.15. The van der Waals surface area contributed by atoms with Gasteiger partial charge in [-0.3, -0.25) is 0 Å². The zero-order chi connectivity index (χ0) is 13.1. The molecule has 0 bridgehead atoms. The molecule has 0 amide bonds. The minimum absolute atomic E-state index is 0.00754. The molecule has 0 aliphatic carbocycles. The molecule has 17 heavy (non-hydrogen) atoms. The SMILES string of the molecule is CS(=O)(=O)CCNc1cc(C(=O)O)cc(Cl)n1. The van der Waals surface area contributed by atoms with E-state index in [0.717, 1.165) is 6.26 Å². The van der Waals surface area contributed by atoms with Gasteiger partial charge in [-0.25, -0.2) is 18.2 Å². The van der Waals surface area contributed by atoms with Crippen LogP contribution in [0.1, 0.15) is 10.4 Å². The summed E-state index contributed by atoms with van der Waals surface area (Å²) in [5.74, 6) is -0.956. The molecule has 0 unspecified atom stereocenters. The van der Waals surface area contributed by atoms with Gasteiger partial charge in [0.1, 0.15) is 20.8 Å². The molecule has 1 rings (SSSR count). The van der Waals surface area contributed by atoms with Gasteiger partial charge >= 0.3 is 5.97 Å². The molecule has 0 atom stereocenters. The topological polar surface area (TPSA) is 96.4 Å². The molecule has 1 heterocycles. The third-order valence-corrected chi connectivity index (χ3v) is 2.96. The van der Waals surface area contributed by atoms with Gasteiger partial charge in [-0.2, -0.15) is 0 Å². The molecule has 0 aromatic carbocycles. The third kappa shape index (κ3) is 5.01. The largest absolute Gasteiger partial charge is 0.478 e. The quantitative estimate of drug-likeness (QED) is 0.777. The van der Waals surface area contributed by atoms with Crippen LogP contribution in [-0.4, -0.2) is 43.0 Å². The Hall–Kier alpha value is -1.34. The average Bonchev–Trinajstić information content (AvgIpc) is 2.14. The first-order chi connectivity index (χ1) is 7.78. The number of halogens is 1. The standard InChI is InChI=1S/C9H11ClN2O4S/c1-17(15,16)3-2-11-8-5-6(9(13)14)4-7(10)12-8/h4-5H,2-3H2,1H3,(H,11,12)(H,13,14). The minimum atomic E-state index is -3.07. The first-order valence-electron chi connectivity index (χ1n) is 4.60. The van der Waals surface area contributed by atoms with Crippen molar-refractivity contribution in [2.45, 2.75) is 0 Å². The Morgan fingerprint density at radius 1 is 1.53 bits per heavy atom. The first-order valence-corrected chi connectivity index (χ1v) is 7.04. The van der Waals surface area contributed by atoms with Gasteiger partial charge in [0.15, 0.2) is 0 Å². The molecule has 0 spiro atoms. The van der Waals surface area contributed by atoms with Crippen molar-refractivity contribution in [3.8, 4) is 0 Å². The van der Waals surface area contributed by atoms with Crippen molar-refractivity contribution in [2.75, 3.05) is 23.9 Å². The summed E-state index contributed by atoms with van der Waals surface area (Å²) in [5.41, 5.74) is -0.00754. The highest BCUT2D eigenvalue weighted by atomic mass is 35.5. The maximum atomic E-state index is 10.9. The molecule has 8 heteroatoms. The van der Waals surface area contributed by atoms with E-state index in [1.807, 2.05) is 0 Å². The second-order valence-corrected chi connectivity index (χ2v) is 6.07. The highest BCUT2D eigenvalue weighted by Gasteiger charge is 2.08. The van der Waals surface area contributed by atoms with Crippen LogP contribution in [0.3, 0.4) is 0 Å². The maximum Gasteiger partial charge on any atom is 0.335 e. The number of rotatable bonds is 5. The number of nitrogens with one attached hydrogen (secondary N) is 1. The van der Waals surface area contributed by atoms with E-state index in [2.05, 4.69) is 10.3 Å². The Bertz CT molecular complexity index is 530. The Morgan fingerprint density at radius 2 is 2.18 bits per heavy atom. The lowest BCUT2D eigenvalue weighted by molar-refractivity contribution is 0.0697. The lowest BCUT2D eigenvalue weighted by Gasteiger charge is -2.06. The Morgan fingerprint density at radius 3 is 2.71 bits per heavy atom. The number of pyridine rings is 1. The fourth-order valence-corrected chi connectivity index (χ4v) is 1.76. The van der Waals surface area contributed by atoms with E-state index in [0.29, 0.717) is 0 Å². The Balaban J connectivity index is 2.75. The second-order valence-electron chi connectivity index (χ2n) is 3.43. The van der Waals surface area contributed by atoms with Crippen LogP contribution < -0.4 is 5.32 Å². The number of hydrogen-bond acceptors (Lipinski definition) is 5. The van der Waals surface area contributed by atoms with E-state index >= 15 is 0 Å². The normalized spacial score (nSPS) is 11.2. The van der Waals surface area contributed by atoms with Crippen molar-refractivity contribution in [3.63, 3.8) is 0 Å². The molecule has 6 nitrogen and oxygen atoms in total. The van der Waals surface area contributed by atoms with Crippen LogP contribution in [0.2, 0.25) is 5.15 Å². The number of nitrogens with zero attached hydrogens (tertiary/aromatic N) is 1. The smallest absolute Gasteiger partial charge is 0.335 e. The van der Waals surface area contributed by atoms with Crippen molar-refractivity contribution >= 4 is 33.2 Å². The van der Waals surface area contributed by atoms with Gasteiger partial charge in [0.25, 0.3) is 0 Å². The summed E-state index contributed by atoms with van der Waals surface area (Å²) in [6.45, 7) is 0.144. The van der Waals surface area contributed by atoms with Gasteiger partial charge in [0.05, 0.1) is 11.3 Å². The van der Waals surface area contributed by atoms with Crippen molar-refractivity contribution < 1.29 is 18.3 Å². The molecule has 2 N–H and O–H groups in total. The van der Waals surface area contributed by atoms with E-state index < -0.39 is 15.8 Å². The first kappa shape index (κ1) is 13.7. The predicted octanol–water partition coefficient (Wildman–Crippen LogP) is 0.890. The van der Waals surface area contributed by atoms with Crippen LogP contribution in [0.4, 0.5) is 5.82 Å². The molecule has 0 aliphatic rings. The Labute approximate surface area is 104 Å². The van der Waals surface area contributed by atoms with E-state index in [1.165, 1.54) is 12.1 Å². The number of aromatic carboxylic acids is 1. The third-order valence-electron chi connectivity index (χ3n) is 1.82. The number of hydrogen-bond donors (Lipinski definition) is 2. The summed E-state index contributed by atoms with van der Waals surface area (Å²) in [5, 5.41) is 11.5. The molecular formula is C9H11ClN2O4S. The fourth-order valence-electron chi connectivity index (χ4n) is 1.08. The van der Waals surface area contributed by atoms with Crippen molar-refractivity contribution in [1.29, 1.82) is 0 Å². The molecule has 0 fully saturated rings. The van der Waals surface area contributed by atoms with E-state index in [9.17, 15) is 13.2 Å². The predicted molar refractivity (Wildman–Crippen MR) is 64.4 cm³/mol. The van der Waals surface area contributed by atoms with Gasteiger partial charge in [0.2, 0.25) is 0 Å². The minimum Gasteiger partial charge on any atom is -0.478 e.